The molecule has 26 heavy (non-hydrogen) atoms. The molecule has 0 unspecified atom stereocenters. The molecule has 0 radical (unpaired) electrons. The molecule has 0 fully saturated rings. The smallest absolute Gasteiger partial charge is 0.221 e. The molecule has 7 heteroatoms. The fraction of sp³-hybridized carbons (Fsp3) is 0.316. The van der Waals surface area contributed by atoms with Crippen LogP contribution in [0.1, 0.15) is 12.0 Å². The van der Waals surface area contributed by atoms with Crippen LogP contribution in [0.2, 0.25) is 10.0 Å². The number of methoxy groups -OCH3 is 2. The molecule has 0 spiro atoms. The van der Waals surface area contributed by atoms with Gasteiger partial charge in [0.1, 0.15) is 0 Å². The highest BCUT2D eigenvalue weighted by molar-refractivity contribution is 6.43. The van der Waals surface area contributed by atoms with E-state index >= 15 is 0 Å². The molecule has 0 aliphatic heterocycles. The van der Waals surface area contributed by atoms with Crippen molar-refractivity contribution in [3.63, 3.8) is 0 Å². The Morgan fingerprint density at radius 3 is 2.54 bits per heavy atom. The average molecular weight is 397 g/mol. The number of rotatable bonds is 9. The van der Waals surface area contributed by atoms with Crippen molar-refractivity contribution < 1.29 is 14.3 Å². The molecule has 2 aromatic carbocycles. The van der Waals surface area contributed by atoms with E-state index in [2.05, 4.69) is 10.6 Å². The topological polar surface area (TPSA) is 59.6 Å². The lowest BCUT2D eigenvalue weighted by Crippen LogP contribution is -2.27. The van der Waals surface area contributed by atoms with Crippen molar-refractivity contribution in [3.8, 4) is 11.5 Å². The maximum absolute atomic E-state index is 11.9. The zero-order valence-corrected chi connectivity index (χ0v) is 16.3. The molecule has 0 aromatic heterocycles. The van der Waals surface area contributed by atoms with Crippen molar-refractivity contribution in [3.05, 3.63) is 52.0 Å². The number of anilines is 1. The third-order valence-corrected chi connectivity index (χ3v) is 4.62. The van der Waals surface area contributed by atoms with Crippen LogP contribution in [0.3, 0.4) is 0 Å². The lowest BCUT2D eigenvalue weighted by molar-refractivity contribution is -0.120. The first-order valence-corrected chi connectivity index (χ1v) is 8.96. The van der Waals surface area contributed by atoms with Gasteiger partial charge in [0.25, 0.3) is 0 Å². The fourth-order valence-corrected chi connectivity index (χ4v) is 2.79. The van der Waals surface area contributed by atoms with Crippen molar-refractivity contribution in [2.75, 3.05) is 32.6 Å². The third-order valence-electron chi connectivity index (χ3n) is 3.80. The second-order valence-electron chi connectivity index (χ2n) is 5.57. The predicted molar refractivity (Wildman–Crippen MR) is 106 cm³/mol. The molecule has 0 aliphatic rings. The van der Waals surface area contributed by atoms with E-state index in [0.717, 1.165) is 11.3 Å². The number of carbonyl (C=O) groups is 1. The summed E-state index contributed by atoms with van der Waals surface area (Å²) in [6.45, 7) is 1.02. The van der Waals surface area contributed by atoms with Crippen LogP contribution in [0, 0.1) is 0 Å². The number of amides is 1. The second kappa shape index (κ2) is 10.1. The van der Waals surface area contributed by atoms with E-state index in [-0.39, 0.29) is 5.91 Å². The van der Waals surface area contributed by atoms with Gasteiger partial charge in [0.05, 0.1) is 30.0 Å². The summed E-state index contributed by atoms with van der Waals surface area (Å²) >= 11 is 12.0. The zero-order valence-electron chi connectivity index (χ0n) is 14.8. The average Bonchev–Trinajstić information content (AvgIpc) is 2.65. The second-order valence-corrected chi connectivity index (χ2v) is 6.35. The van der Waals surface area contributed by atoms with E-state index in [9.17, 15) is 4.79 Å². The summed E-state index contributed by atoms with van der Waals surface area (Å²) in [7, 11) is 3.20. The lowest BCUT2D eigenvalue weighted by atomic mass is 10.1. The van der Waals surface area contributed by atoms with Gasteiger partial charge in [-0.3, -0.25) is 4.79 Å². The molecule has 0 aliphatic carbocycles. The standard InChI is InChI=1S/C19H22Cl2N2O3/c1-25-16-7-6-13(12-17(16)26-2)8-10-23-18(24)9-11-22-15-5-3-4-14(20)19(15)21/h3-7,12,22H,8-11H2,1-2H3,(H,23,24). The van der Waals surface area contributed by atoms with Gasteiger partial charge in [-0.05, 0) is 36.2 Å². The Bertz CT molecular complexity index is 754. The summed E-state index contributed by atoms with van der Waals surface area (Å²) in [5, 5.41) is 6.96. The van der Waals surface area contributed by atoms with Crippen LogP contribution in [0.15, 0.2) is 36.4 Å². The summed E-state index contributed by atoms with van der Waals surface area (Å²) in [4.78, 5) is 11.9. The molecule has 1 amide bonds. The van der Waals surface area contributed by atoms with Gasteiger partial charge in [-0.15, -0.1) is 0 Å². The molecule has 0 saturated heterocycles. The minimum absolute atomic E-state index is 0.0314. The Labute approximate surface area is 163 Å². The summed E-state index contributed by atoms with van der Waals surface area (Å²) in [6.07, 6.45) is 1.05. The van der Waals surface area contributed by atoms with Crippen molar-refractivity contribution in [1.82, 2.24) is 5.32 Å². The molecule has 140 valence electrons. The largest absolute Gasteiger partial charge is 0.493 e. The molecule has 2 N–H and O–H groups in total. The lowest BCUT2D eigenvalue weighted by Gasteiger charge is -2.11. The minimum atomic E-state index is -0.0314. The van der Waals surface area contributed by atoms with Crippen molar-refractivity contribution in [1.29, 1.82) is 0 Å². The Morgan fingerprint density at radius 2 is 1.81 bits per heavy atom. The highest BCUT2D eigenvalue weighted by Crippen LogP contribution is 2.29. The number of benzene rings is 2. The van der Waals surface area contributed by atoms with Crippen molar-refractivity contribution >= 4 is 34.8 Å². The van der Waals surface area contributed by atoms with Crippen molar-refractivity contribution in [2.45, 2.75) is 12.8 Å². The van der Waals surface area contributed by atoms with Crippen LogP contribution in [-0.4, -0.2) is 33.2 Å². The number of ether oxygens (including phenoxy) is 2. The molecule has 2 aromatic rings. The Morgan fingerprint density at radius 1 is 1.04 bits per heavy atom. The van der Waals surface area contributed by atoms with E-state index in [1.807, 2.05) is 24.3 Å². The van der Waals surface area contributed by atoms with Crippen LogP contribution in [0.4, 0.5) is 5.69 Å². The quantitative estimate of drug-likeness (QED) is 0.667. The van der Waals surface area contributed by atoms with E-state index < -0.39 is 0 Å². The van der Waals surface area contributed by atoms with Gasteiger partial charge in [0.15, 0.2) is 11.5 Å². The summed E-state index contributed by atoms with van der Waals surface area (Å²) < 4.78 is 10.5. The third kappa shape index (κ3) is 5.71. The first-order valence-electron chi connectivity index (χ1n) is 8.20. The predicted octanol–water partition coefficient (Wildman–Crippen LogP) is 4.17. The Balaban J connectivity index is 1.73. The van der Waals surface area contributed by atoms with Crippen LogP contribution < -0.4 is 20.1 Å². The molecule has 0 atom stereocenters. The van der Waals surface area contributed by atoms with Gasteiger partial charge >= 0.3 is 0 Å². The van der Waals surface area contributed by atoms with Crippen LogP contribution in [0.5, 0.6) is 11.5 Å². The molecule has 0 saturated carbocycles. The van der Waals surface area contributed by atoms with Gasteiger partial charge in [-0.2, -0.15) is 0 Å². The number of nitrogens with one attached hydrogen (secondary N) is 2. The van der Waals surface area contributed by atoms with Gasteiger partial charge < -0.3 is 20.1 Å². The molecule has 5 nitrogen and oxygen atoms in total. The van der Waals surface area contributed by atoms with Crippen LogP contribution >= 0.6 is 23.2 Å². The highest BCUT2D eigenvalue weighted by Gasteiger charge is 2.07. The summed E-state index contributed by atoms with van der Waals surface area (Å²) in [5.74, 6) is 1.33. The highest BCUT2D eigenvalue weighted by atomic mass is 35.5. The number of hydrogen-bond acceptors (Lipinski definition) is 4. The van der Waals surface area contributed by atoms with Crippen molar-refractivity contribution in [2.24, 2.45) is 0 Å². The maximum Gasteiger partial charge on any atom is 0.221 e. The zero-order chi connectivity index (χ0) is 18.9. The molecule has 0 bridgehead atoms. The van der Waals surface area contributed by atoms with Crippen LogP contribution in [0.25, 0.3) is 0 Å². The molecule has 2 rings (SSSR count). The first-order chi connectivity index (χ1) is 12.5. The summed E-state index contributed by atoms with van der Waals surface area (Å²) in [6, 6.07) is 11.1. The van der Waals surface area contributed by atoms with Gasteiger partial charge in [-0.1, -0.05) is 35.3 Å². The molecular weight excluding hydrogens is 375 g/mol. The Kier molecular flexibility index (Phi) is 7.88. The fourth-order valence-electron chi connectivity index (χ4n) is 2.42. The maximum atomic E-state index is 11.9. The SMILES string of the molecule is COc1ccc(CCNC(=O)CCNc2cccc(Cl)c2Cl)cc1OC. The normalized spacial score (nSPS) is 10.3. The van der Waals surface area contributed by atoms with Gasteiger partial charge in [0, 0.05) is 19.5 Å². The number of halogens is 2. The van der Waals surface area contributed by atoms with E-state index in [1.165, 1.54) is 0 Å². The van der Waals surface area contributed by atoms with E-state index in [4.69, 9.17) is 32.7 Å². The Hall–Kier alpha value is -2.11. The monoisotopic (exact) mass is 396 g/mol. The first kappa shape index (κ1) is 20.2. The van der Waals surface area contributed by atoms with Gasteiger partial charge in [0.2, 0.25) is 5.91 Å². The van der Waals surface area contributed by atoms with Crippen LogP contribution in [-0.2, 0) is 11.2 Å². The summed E-state index contributed by atoms with van der Waals surface area (Å²) in [5.41, 5.74) is 1.78. The van der Waals surface area contributed by atoms with E-state index in [0.29, 0.717) is 47.5 Å². The number of carbonyl (C=O) groups excluding carboxylic acids is 1. The molecular formula is C19H22Cl2N2O3. The van der Waals surface area contributed by atoms with Gasteiger partial charge in [-0.25, -0.2) is 0 Å². The molecule has 0 heterocycles. The number of hydrogen-bond donors (Lipinski definition) is 2. The minimum Gasteiger partial charge on any atom is -0.493 e. The van der Waals surface area contributed by atoms with E-state index in [1.54, 1.807) is 26.4 Å².